The van der Waals surface area contributed by atoms with Gasteiger partial charge in [-0.2, -0.15) is 0 Å². The van der Waals surface area contributed by atoms with Gasteiger partial charge in [0, 0.05) is 17.5 Å². The minimum absolute atomic E-state index is 0.711. The monoisotopic (exact) mass is 174 g/mol. The van der Waals surface area contributed by atoms with Gasteiger partial charge in [-0.3, -0.25) is 4.99 Å². The summed E-state index contributed by atoms with van der Waals surface area (Å²) in [6.45, 7) is 2.91. The van der Waals surface area contributed by atoms with E-state index in [0.29, 0.717) is 6.67 Å². The summed E-state index contributed by atoms with van der Waals surface area (Å²) in [5.74, 6) is 0. The highest BCUT2D eigenvalue weighted by Crippen LogP contribution is 2.19. The van der Waals surface area contributed by atoms with Crippen molar-refractivity contribution in [3.63, 3.8) is 0 Å². The van der Waals surface area contributed by atoms with E-state index in [1.54, 1.807) is 0 Å². The molecule has 1 aromatic carbocycles. The molecule has 0 amide bonds. The van der Waals surface area contributed by atoms with Gasteiger partial charge >= 0.3 is 0 Å². The number of aliphatic imine (C=N–C) groups is 1. The molecular formula is C11H14N2. The molecule has 1 N–H and O–H groups in total. The summed E-state index contributed by atoms with van der Waals surface area (Å²) in [6, 6.07) is 6.54. The van der Waals surface area contributed by atoms with Crippen molar-refractivity contribution in [2.75, 3.05) is 12.0 Å². The Morgan fingerprint density at radius 2 is 2.38 bits per heavy atom. The molecule has 1 aromatic rings. The van der Waals surface area contributed by atoms with Crippen LogP contribution in [0.3, 0.4) is 0 Å². The molecule has 0 aliphatic carbocycles. The molecule has 0 atom stereocenters. The van der Waals surface area contributed by atoms with Crippen molar-refractivity contribution < 1.29 is 0 Å². The Balaban J connectivity index is 2.31. The smallest absolute Gasteiger partial charge is 0.107 e. The van der Waals surface area contributed by atoms with Crippen LogP contribution < -0.4 is 5.32 Å². The third-order valence-corrected chi connectivity index (χ3v) is 2.25. The van der Waals surface area contributed by atoms with Crippen LogP contribution in [0.25, 0.3) is 0 Å². The molecule has 68 valence electrons. The van der Waals surface area contributed by atoms with E-state index in [9.17, 15) is 0 Å². The summed E-state index contributed by atoms with van der Waals surface area (Å²) in [4.78, 5) is 4.16. The zero-order valence-electron chi connectivity index (χ0n) is 7.88. The normalized spacial score (nSPS) is 13.6. The van der Waals surface area contributed by atoms with Crippen molar-refractivity contribution in [3.05, 3.63) is 29.3 Å². The fourth-order valence-corrected chi connectivity index (χ4v) is 1.59. The number of nitrogens with zero attached hydrogens (tertiary/aromatic N) is 1. The van der Waals surface area contributed by atoms with Crippen LogP contribution in [0.15, 0.2) is 23.2 Å². The maximum absolute atomic E-state index is 4.16. The van der Waals surface area contributed by atoms with Gasteiger partial charge in [-0.15, -0.1) is 0 Å². The summed E-state index contributed by atoms with van der Waals surface area (Å²) in [7, 11) is 0. The van der Waals surface area contributed by atoms with Crippen LogP contribution in [0.2, 0.25) is 0 Å². The second-order valence-electron chi connectivity index (χ2n) is 3.32. The van der Waals surface area contributed by atoms with Crippen LogP contribution in [0, 0.1) is 0 Å². The van der Waals surface area contributed by atoms with Gasteiger partial charge in [-0.25, -0.2) is 0 Å². The van der Waals surface area contributed by atoms with Gasteiger partial charge in [0.15, 0.2) is 0 Å². The van der Waals surface area contributed by atoms with Crippen LogP contribution in [0.5, 0.6) is 0 Å². The van der Waals surface area contributed by atoms with E-state index in [1.165, 1.54) is 23.2 Å². The number of aryl methyl sites for hydroxylation is 1. The first-order valence-corrected chi connectivity index (χ1v) is 4.77. The minimum atomic E-state index is 0.711. The van der Waals surface area contributed by atoms with Crippen LogP contribution in [-0.4, -0.2) is 12.9 Å². The fourth-order valence-electron chi connectivity index (χ4n) is 1.59. The molecule has 0 saturated carbocycles. The number of hydrogen-bond donors (Lipinski definition) is 1. The average molecular weight is 174 g/mol. The Hall–Kier alpha value is -1.31. The Labute approximate surface area is 78.7 Å². The van der Waals surface area contributed by atoms with Crippen LogP contribution >= 0.6 is 0 Å². The highest BCUT2D eigenvalue weighted by atomic mass is 15.0. The molecule has 0 bridgehead atoms. The van der Waals surface area contributed by atoms with Crippen molar-refractivity contribution in [1.82, 2.24) is 0 Å². The van der Waals surface area contributed by atoms with Gasteiger partial charge in [-0.05, 0) is 18.1 Å². The van der Waals surface area contributed by atoms with E-state index >= 15 is 0 Å². The molecule has 2 nitrogen and oxygen atoms in total. The number of nitrogens with one attached hydrogen (secondary N) is 1. The number of benzene rings is 1. The third kappa shape index (κ3) is 1.72. The zero-order valence-corrected chi connectivity index (χ0v) is 7.88. The SMILES string of the molecule is CCCc1ccc2c(c1)NCN=C2. The first kappa shape index (κ1) is 8.30. The number of anilines is 1. The molecular weight excluding hydrogens is 160 g/mol. The van der Waals surface area contributed by atoms with Crippen LogP contribution in [-0.2, 0) is 6.42 Å². The maximum atomic E-state index is 4.16. The molecule has 0 aromatic heterocycles. The molecule has 13 heavy (non-hydrogen) atoms. The van der Waals surface area contributed by atoms with Gasteiger partial charge in [0.2, 0.25) is 0 Å². The summed E-state index contributed by atoms with van der Waals surface area (Å²) in [5.41, 5.74) is 3.83. The van der Waals surface area contributed by atoms with Gasteiger partial charge in [0.1, 0.15) is 6.67 Å². The van der Waals surface area contributed by atoms with Crippen molar-refractivity contribution >= 4 is 11.9 Å². The second-order valence-corrected chi connectivity index (χ2v) is 3.32. The largest absolute Gasteiger partial charge is 0.366 e. The van der Waals surface area contributed by atoms with Crippen LogP contribution in [0.1, 0.15) is 24.5 Å². The molecule has 0 unspecified atom stereocenters. The number of rotatable bonds is 2. The lowest BCUT2D eigenvalue weighted by Crippen LogP contribution is -2.07. The highest BCUT2D eigenvalue weighted by Gasteiger charge is 2.04. The van der Waals surface area contributed by atoms with Gasteiger partial charge in [-0.1, -0.05) is 25.5 Å². The van der Waals surface area contributed by atoms with Gasteiger partial charge in [0.25, 0.3) is 0 Å². The average Bonchev–Trinajstić information content (AvgIpc) is 2.18. The quantitative estimate of drug-likeness (QED) is 0.731. The van der Waals surface area contributed by atoms with E-state index in [1.807, 2.05) is 6.21 Å². The molecule has 0 fully saturated rings. The predicted molar refractivity (Wildman–Crippen MR) is 56.5 cm³/mol. The first-order chi connectivity index (χ1) is 6.40. The molecule has 1 aliphatic heterocycles. The lowest BCUT2D eigenvalue weighted by Gasteiger charge is -2.13. The van der Waals surface area contributed by atoms with E-state index in [2.05, 4.69) is 35.4 Å². The summed E-state index contributed by atoms with van der Waals surface area (Å²) < 4.78 is 0. The van der Waals surface area contributed by atoms with E-state index in [-0.39, 0.29) is 0 Å². The molecule has 2 heteroatoms. The van der Waals surface area contributed by atoms with Gasteiger partial charge < -0.3 is 5.32 Å². The number of fused-ring (bicyclic) bond motifs is 1. The van der Waals surface area contributed by atoms with Crippen molar-refractivity contribution in [1.29, 1.82) is 0 Å². The second kappa shape index (κ2) is 3.60. The Morgan fingerprint density at radius 1 is 1.46 bits per heavy atom. The summed E-state index contributed by atoms with van der Waals surface area (Å²) in [6.07, 6.45) is 4.29. The summed E-state index contributed by atoms with van der Waals surface area (Å²) >= 11 is 0. The van der Waals surface area contributed by atoms with Crippen molar-refractivity contribution in [3.8, 4) is 0 Å². The van der Waals surface area contributed by atoms with E-state index < -0.39 is 0 Å². The standard InChI is InChI=1S/C11H14N2/c1-2-3-9-4-5-10-7-12-8-13-11(10)6-9/h4-7,13H,2-3,8H2,1H3. The molecule has 1 aliphatic rings. The maximum Gasteiger partial charge on any atom is 0.107 e. The Kier molecular flexibility index (Phi) is 2.30. The molecule has 1 heterocycles. The lowest BCUT2D eigenvalue weighted by molar-refractivity contribution is 0.921. The third-order valence-electron chi connectivity index (χ3n) is 2.25. The molecule has 0 spiro atoms. The van der Waals surface area contributed by atoms with Crippen molar-refractivity contribution in [2.24, 2.45) is 4.99 Å². The highest BCUT2D eigenvalue weighted by molar-refractivity contribution is 5.89. The lowest BCUT2D eigenvalue weighted by atomic mass is 10.1. The Bertz CT molecular complexity index is 329. The fraction of sp³-hybridized carbons (Fsp3) is 0.364. The molecule has 0 radical (unpaired) electrons. The van der Waals surface area contributed by atoms with Gasteiger partial charge in [0.05, 0.1) is 0 Å². The van der Waals surface area contributed by atoms with Crippen molar-refractivity contribution in [2.45, 2.75) is 19.8 Å². The molecule has 0 saturated heterocycles. The molecule has 2 rings (SSSR count). The topological polar surface area (TPSA) is 24.4 Å². The zero-order chi connectivity index (χ0) is 9.10. The van der Waals surface area contributed by atoms with E-state index in [4.69, 9.17) is 0 Å². The van der Waals surface area contributed by atoms with Crippen LogP contribution in [0.4, 0.5) is 5.69 Å². The Morgan fingerprint density at radius 3 is 3.23 bits per heavy atom. The predicted octanol–water partition coefficient (Wildman–Crippen LogP) is 2.44. The first-order valence-electron chi connectivity index (χ1n) is 4.77. The summed E-state index contributed by atoms with van der Waals surface area (Å²) in [5, 5.41) is 3.26. The number of hydrogen-bond acceptors (Lipinski definition) is 2. The minimum Gasteiger partial charge on any atom is -0.366 e. The van der Waals surface area contributed by atoms with E-state index in [0.717, 1.165) is 6.42 Å².